The molecule has 0 spiro atoms. The van der Waals surface area contributed by atoms with Crippen molar-refractivity contribution in [2.75, 3.05) is 0 Å². The van der Waals surface area contributed by atoms with Crippen molar-refractivity contribution >= 4 is 24.2 Å². The first-order valence-electron chi connectivity index (χ1n) is 21.7. The fourth-order valence-electron chi connectivity index (χ4n) is 9.24. The molecule has 63 heavy (non-hydrogen) atoms. The topological polar surface area (TPSA) is 43.5 Å². The molecule has 8 rings (SSSR count). The van der Waals surface area contributed by atoms with E-state index < -0.39 is 12.4 Å². The number of aryl methyl sites for hydroxylation is 1. The summed E-state index contributed by atoms with van der Waals surface area (Å²) in [6, 6.07) is 57.7. The third-order valence-electron chi connectivity index (χ3n) is 12.1. The Morgan fingerprint density at radius 3 is 1.27 bits per heavy atom. The van der Waals surface area contributed by atoms with E-state index in [-0.39, 0.29) is 23.7 Å². The van der Waals surface area contributed by atoms with E-state index in [0.717, 1.165) is 61.4 Å². The Kier molecular flexibility index (Phi) is 12.8. The zero-order valence-corrected chi connectivity index (χ0v) is 39.4. The molecule has 0 bridgehead atoms. The van der Waals surface area contributed by atoms with E-state index in [0.29, 0.717) is 9.93 Å². The maximum absolute atomic E-state index is 13.6. The summed E-state index contributed by atoms with van der Waals surface area (Å²) in [6.45, 7) is 15.5. The van der Waals surface area contributed by atoms with Crippen LogP contribution < -0.4 is 0 Å². The van der Waals surface area contributed by atoms with Crippen LogP contribution in [0.25, 0.3) is 22.5 Å². The van der Waals surface area contributed by atoms with Gasteiger partial charge in [0.1, 0.15) is 0 Å². The fourth-order valence-corrected chi connectivity index (χ4v) is 12.0. The third kappa shape index (κ3) is 8.36. The summed E-state index contributed by atoms with van der Waals surface area (Å²) in [5, 5.41) is 0. The van der Waals surface area contributed by atoms with Crippen molar-refractivity contribution in [2.45, 2.75) is 78.1 Å². The van der Waals surface area contributed by atoms with Gasteiger partial charge in [0, 0.05) is 0 Å². The monoisotopic (exact) mass is 936 g/mol. The van der Waals surface area contributed by atoms with Crippen LogP contribution in [0.3, 0.4) is 0 Å². The Balaban J connectivity index is 1.65. The molecule has 0 fully saturated rings. The summed E-state index contributed by atoms with van der Waals surface area (Å²) in [5.41, 5.74) is 14.9. The SMILES string of the molecule is Cc1cc(C(c2ccccc2)c2ccccc2)c(-n2cc3cccc(-c4c(C(C)C)cc(C(C)C)cc4C(C)C)n3[c]2=[Rh-2]([Cl])(=[C]=O)=[C]=O)c(C(c2ccccc2)c2ccccc2)c1. The molecule has 322 valence electrons. The molecule has 6 aromatic carbocycles. The van der Waals surface area contributed by atoms with Gasteiger partial charge in [0.15, 0.2) is 0 Å². The van der Waals surface area contributed by atoms with Gasteiger partial charge in [-0.25, -0.2) is 0 Å². The number of benzene rings is 6. The number of rotatable bonds is 11. The Morgan fingerprint density at radius 2 is 0.905 bits per heavy atom. The second kappa shape index (κ2) is 18.4. The van der Waals surface area contributed by atoms with Gasteiger partial charge in [-0.2, -0.15) is 0 Å². The van der Waals surface area contributed by atoms with Crippen LogP contribution in [0, 0.1) is 10.9 Å². The molecule has 0 N–H and O–H groups in total. The van der Waals surface area contributed by atoms with E-state index in [1.807, 2.05) is 30.3 Å². The zero-order chi connectivity index (χ0) is 44.4. The van der Waals surface area contributed by atoms with Crippen molar-refractivity contribution in [2.24, 2.45) is 0 Å². The number of imidazole rings is 1. The molecular formula is C57H54ClN2O2Rh-2. The standard InChI is InChI=1S/C55H54N2.2CO.ClH.Rh/c1-37(2)45-33-47(38(3)4)54(48(34-45)39(5)6)51-30-20-29-46-35-56(36-57(46)51)55-49(52(41-21-12-8-13-22-41)42-23-14-9-15-24-42)31-40(7)32-50(55)53(43-25-16-10-17-26-43)44-27-18-11-19-28-44;2*1-2;;/h8-35,37-39,52-53H,1-7H3;;;1H;/q;;;;-1/p-1. The number of hydrogen-bond donors (Lipinski definition) is 0. The van der Waals surface area contributed by atoms with Crippen molar-refractivity contribution in [1.82, 2.24) is 8.97 Å². The Morgan fingerprint density at radius 1 is 0.492 bits per heavy atom. The number of hydrogen-bond acceptors (Lipinski definition) is 2. The van der Waals surface area contributed by atoms with Gasteiger partial charge in [0.2, 0.25) is 0 Å². The van der Waals surface area contributed by atoms with Crippen LogP contribution in [0.2, 0.25) is 0 Å². The molecule has 2 aromatic heterocycles. The molecule has 8 aromatic rings. The summed E-state index contributed by atoms with van der Waals surface area (Å²) < 4.78 is 8.88. The molecule has 0 unspecified atom stereocenters. The molecule has 2 heterocycles. The Bertz CT molecular complexity index is 3010. The van der Waals surface area contributed by atoms with E-state index >= 15 is 0 Å². The van der Waals surface area contributed by atoms with Gasteiger partial charge in [-0.15, -0.1) is 0 Å². The van der Waals surface area contributed by atoms with Crippen LogP contribution >= 0.6 is 9.69 Å². The minimum atomic E-state index is -4.66. The van der Waals surface area contributed by atoms with Crippen LogP contribution in [0.5, 0.6) is 0 Å². The van der Waals surface area contributed by atoms with Crippen LogP contribution in [0.4, 0.5) is 0 Å². The summed E-state index contributed by atoms with van der Waals surface area (Å²) in [5.74, 6) is 0.203. The van der Waals surface area contributed by atoms with Crippen LogP contribution in [-0.4, -0.2) is 17.9 Å². The first-order chi connectivity index (χ1) is 30.4. The van der Waals surface area contributed by atoms with E-state index in [2.05, 4.69) is 206 Å². The second-order valence-electron chi connectivity index (χ2n) is 17.3. The molecule has 0 amide bonds. The van der Waals surface area contributed by atoms with Gasteiger partial charge in [0.05, 0.1) is 0 Å². The van der Waals surface area contributed by atoms with Gasteiger partial charge in [-0.3, -0.25) is 0 Å². The number of pyridine rings is 1. The summed E-state index contributed by atoms with van der Waals surface area (Å²) in [7, 11) is 7.57. The van der Waals surface area contributed by atoms with E-state index in [4.69, 9.17) is 9.69 Å². The Labute approximate surface area is 377 Å². The molecule has 0 aliphatic rings. The van der Waals surface area contributed by atoms with Crippen LogP contribution in [0.15, 0.2) is 170 Å². The molecule has 4 nitrogen and oxygen atoms in total. The summed E-state index contributed by atoms with van der Waals surface area (Å²) in [6.07, 6.45) is 2.08. The molecule has 0 atom stereocenters. The molecule has 0 saturated carbocycles. The first-order valence-corrected chi connectivity index (χ1v) is 26.3. The third-order valence-corrected chi connectivity index (χ3v) is 16.1. The van der Waals surface area contributed by atoms with Gasteiger partial charge >= 0.3 is 380 Å². The normalized spacial score (nSPS) is 12.1. The fraction of sp³-hybridized carbons (Fsp3) is 0.211. The number of carbonyl (C=O) groups excluding carboxylic acids is 2. The van der Waals surface area contributed by atoms with Crippen molar-refractivity contribution in [3.05, 3.63) is 230 Å². The van der Waals surface area contributed by atoms with Gasteiger partial charge in [-0.1, -0.05) is 0 Å². The summed E-state index contributed by atoms with van der Waals surface area (Å²) in [4.78, 5) is 27.2. The van der Waals surface area contributed by atoms with E-state index in [1.165, 1.54) is 16.7 Å². The van der Waals surface area contributed by atoms with Crippen molar-refractivity contribution in [3.63, 3.8) is 0 Å². The average molecular weight is 937 g/mol. The van der Waals surface area contributed by atoms with Crippen LogP contribution in [0.1, 0.15) is 127 Å². The summed E-state index contributed by atoms with van der Waals surface area (Å²) >= 11 is -4.66. The number of halogens is 1. The number of nitrogens with zero attached hydrogens (tertiary/aromatic N) is 2. The van der Waals surface area contributed by atoms with Gasteiger partial charge in [-0.05, 0) is 0 Å². The quantitative estimate of drug-likeness (QED) is 0.0958. The maximum atomic E-state index is 13.6. The van der Waals surface area contributed by atoms with E-state index in [9.17, 15) is 9.59 Å². The van der Waals surface area contributed by atoms with Crippen molar-refractivity contribution < 1.29 is 22.0 Å². The molecule has 6 heteroatoms. The number of fused-ring (bicyclic) bond motifs is 1. The molecular weight excluding hydrogens is 883 g/mol. The first kappa shape index (κ1) is 43.7. The molecule has 0 radical (unpaired) electrons. The molecule has 0 aliphatic heterocycles. The second-order valence-corrected chi connectivity index (χ2v) is 23.1. The molecule has 0 aliphatic carbocycles. The van der Waals surface area contributed by atoms with Gasteiger partial charge < -0.3 is 0 Å². The minimum absolute atomic E-state index is 0.179. The Hall–Kier alpha value is -5.92. The number of aromatic nitrogens is 2. The van der Waals surface area contributed by atoms with Gasteiger partial charge in [0.25, 0.3) is 0 Å². The van der Waals surface area contributed by atoms with Crippen molar-refractivity contribution in [3.8, 4) is 16.9 Å². The van der Waals surface area contributed by atoms with Crippen LogP contribution in [-0.2, 0) is 22.0 Å². The van der Waals surface area contributed by atoms with E-state index in [1.54, 1.807) is 0 Å². The predicted octanol–water partition coefficient (Wildman–Crippen LogP) is 14.4. The predicted molar refractivity (Wildman–Crippen MR) is 257 cm³/mol. The zero-order valence-electron chi connectivity index (χ0n) is 37.0. The molecule has 0 saturated heterocycles. The average Bonchev–Trinajstić information content (AvgIpc) is 3.70. The van der Waals surface area contributed by atoms with Crippen molar-refractivity contribution in [1.29, 1.82) is 0 Å².